The zero-order valence-corrected chi connectivity index (χ0v) is 15.7. The molecule has 0 aliphatic heterocycles. The molecule has 3 rings (SSSR count). The Balaban J connectivity index is 1.75. The van der Waals surface area contributed by atoms with Crippen LogP contribution in [0.1, 0.15) is 43.0 Å². The molecule has 0 bridgehead atoms. The van der Waals surface area contributed by atoms with Crippen molar-refractivity contribution in [3.05, 3.63) is 58.9 Å². The number of carbonyl (C=O) groups excluding carboxylic acids is 2. The molecule has 1 aliphatic carbocycles. The number of aromatic nitrogens is 2. The minimum Gasteiger partial charge on any atom is -0.341 e. The first kappa shape index (κ1) is 18.1. The number of Topliss-reactive ketones (excluding diaryl/α,β-unsaturated/α-hetero) is 1. The summed E-state index contributed by atoms with van der Waals surface area (Å²) in [5.74, 6) is 0.0629. The van der Waals surface area contributed by atoms with Crippen molar-refractivity contribution < 1.29 is 9.59 Å². The van der Waals surface area contributed by atoms with E-state index in [2.05, 4.69) is 5.10 Å². The van der Waals surface area contributed by atoms with E-state index >= 15 is 0 Å². The van der Waals surface area contributed by atoms with Crippen molar-refractivity contribution in [3.63, 3.8) is 0 Å². The normalized spacial score (nSPS) is 14.2. The van der Waals surface area contributed by atoms with Crippen LogP contribution in [0.3, 0.4) is 0 Å². The van der Waals surface area contributed by atoms with Crippen LogP contribution in [0.2, 0.25) is 0 Å². The second kappa shape index (κ2) is 7.68. The molecule has 0 saturated carbocycles. The van der Waals surface area contributed by atoms with Crippen molar-refractivity contribution in [1.29, 1.82) is 0 Å². The van der Waals surface area contributed by atoms with Crippen LogP contribution in [0.4, 0.5) is 0 Å². The van der Waals surface area contributed by atoms with Gasteiger partial charge in [-0.1, -0.05) is 30.3 Å². The van der Waals surface area contributed by atoms with Crippen molar-refractivity contribution in [2.75, 3.05) is 7.05 Å². The number of hydrogen-bond acceptors (Lipinski definition) is 3. The highest BCUT2D eigenvalue weighted by atomic mass is 16.2. The third-order valence-electron chi connectivity index (χ3n) is 5.09. The summed E-state index contributed by atoms with van der Waals surface area (Å²) in [6.45, 7) is 5.38. The molecule has 0 N–H and O–H groups in total. The zero-order valence-electron chi connectivity index (χ0n) is 15.7. The molecule has 0 atom stereocenters. The molecule has 0 unspecified atom stereocenters. The Bertz CT molecular complexity index is 849. The van der Waals surface area contributed by atoms with Crippen LogP contribution in [0, 0.1) is 6.92 Å². The first-order chi connectivity index (χ1) is 12.5. The van der Waals surface area contributed by atoms with Gasteiger partial charge in [0.25, 0.3) is 0 Å². The Morgan fingerprint density at radius 1 is 1.23 bits per heavy atom. The van der Waals surface area contributed by atoms with Gasteiger partial charge >= 0.3 is 0 Å². The summed E-state index contributed by atoms with van der Waals surface area (Å²) in [5.41, 5.74) is 4.86. The topological polar surface area (TPSA) is 55.2 Å². The van der Waals surface area contributed by atoms with E-state index in [0.29, 0.717) is 18.5 Å². The van der Waals surface area contributed by atoms with Crippen LogP contribution in [0.15, 0.2) is 42.1 Å². The van der Waals surface area contributed by atoms with Gasteiger partial charge in [-0.05, 0) is 31.4 Å². The van der Waals surface area contributed by atoms with Gasteiger partial charge < -0.3 is 4.90 Å². The van der Waals surface area contributed by atoms with Gasteiger partial charge in [0, 0.05) is 43.4 Å². The average molecular weight is 351 g/mol. The summed E-state index contributed by atoms with van der Waals surface area (Å²) < 4.78 is 1.92. The highest BCUT2D eigenvalue weighted by molar-refractivity contribution is 6.10. The molecule has 0 saturated heterocycles. The number of amides is 1. The number of aryl methyl sites for hydroxylation is 1. The van der Waals surface area contributed by atoms with Gasteiger partial charge in [-0.2, -0.15) is 5.10 Å². The fraction of sp³-hybridized carbons (Fsp3) is 0.381. The summed E-state index contributed by atoms with van der Waals surface area (Å²) in [4.78, 5) is 26.7. The number of carbonyl (C=O) groups is 2. The molecule has 0 spiro atoms. The molecule has 26 heavy (non-hydrogen) atoms. The van der Waals surface area contributed by atoms with Crippen LogP contribution in [0.25, 0.3) is 5.57 Å². The van der Waals surface area contributed by atoms with Crippen LogP contribution >= 0.6 is 0 Å². The SMILES string of the molecule is CCn1ncc(CN(C)C(=O)CC2=C(c3ccccc3)CCC2=O)c1C. The lowest BCUT2D eigenvalue weighted by Crippen LogP contribution is -2.27. The van der Waals surface area contributed by atoms with Gasteiger partial charge in [-0.25, -0.2) is 0 Å². The van der Waals surface area contributed by atoms with Crippen molar-refractivity contribution >= 4 is 17.3 Å². The number of hydrogen-bond donors (Lipinski definition) is 0. The van der Waals surface area contributed by atoms with Gasteiger partial charge in [0.2, 0.25) is 5.91 Å². The Morgan fingerprint density at radius 3 is 2.62 bits per heavy atom. The predicted octanol–water partition coefficient (Wildman–Crippen LogP) is 3.38. The molecular formula is C21H25N3O2. The third-order valence-corrected chi connectivity index (χ3v) is 5.09. The molecule has 0 radical (unpaired) electrons. The third kappa shape index (κ3) is 3.62. The number of nitrogens with zero attached hydrogens (tertiary/aromatic N) is 3. The molecule has 1 aromatic carbocycles. The Labute approximate surface area is 154 Å². The standard InChI is InChI=1S/C21H25N3O2/c1-4-24-15(2)17(13-22-24)14-23(3)21(26)12-19-18(10-11-20(19)25)16-8-6-5-7-9-16/h5-9,13H,4,10-12,14H2,1-3H3. The van der Waals surface area contributed by atoms with E-state index in [9.17, 15) is 9.59 Å². The van der Waals surface area contributed by atoms with Gasteiger partial charge in [0.15, 0.2) is 5.78 Å². The predicted molar refractivity (Wildman–Crippen MR) is 101 cm³/mol. The van der Waals surface area contributed by atoms with E-state index in [1.807, 2.05) is 55.1 Å². The lowest BCUT2D eigenvalue weighted by atomic mass is 9.99. The van der Waals surface area contributed by atoms with Gasteiger partial charge in [0.05, 0.1) is 12.6 Å². The van der Waals surface area contributed by atoms with E-state index in [1.165, 1.54) is 0 Å². The van der Waals surface area contributed by atoms with Crippen molar-refractivity contribution in [1.82, 2.24) is 14.7 Å². The fourth-order valence-electron chi connectivity index (χ4n) is 3.46. The van der Waals surface area contributed by atoms with E-state index in [-0.39, 0.29) is 18.1 Å². The van der Waals surface area contributed by atoms with Crippen LogP contribution in [-0.2, 0) is 22.7 Å². The molecule has 1 aliphatic rings. The second-order valence-corrected chi connectivity index (χ2v) is 6.74. The molecule has 5 heteroatoms. The van der Waals surface area contributed by atoms with E-state index in [0.717, 1.165) is 35.4 Å². The van der Waals surface area contributed by atoms with E-state index < -0.39 is 0 Å². The molecule has 2 aromatic rings. The summed E-state index contributed by atoms with van der Waals surface area (Å²) in [6, 6.07) is 9.89. The maximum absolute atomic E-state index is 12.7. The minimum absolute atomic E-state index is 0.0349. The molecular weight excluding hydrogens is 326 g/mol. The lowest BCUT2D eigenvalue weighted by Gasteiger charge is -2.18. The Kier molecular flexibility index (Phi) is 5.35. The summed E-state index contributed by atoms with van der Waals surface area (Å²) in [7, 11) is 1.78. The van der Waals surface area contributed by atoms with Gasteiger partial charge in [0.1, 0.15) is 0 Å². The molecule has 1 aromatic heterocycles. The second-order valence-electron chi connectivity index (χ2n) is 6.74. The minimum atomic E-state index is -0.0349. The van der Waals surface area contributed by atoms with Crippen LogP contribution in [0.5, 0.6) is 0 Å². The lowest BCUT2D eigenvalue weighted by molar-refractivity contribution is -0.130. The zero-order chi connectivity index (χ0) is 18.7. The monoisotopic (exact) mass is 351 g/mol. The fourth-order valence-corrected chi connectivity index (χ4v) is 3.46. The van der Waals surface area contributed by atoms with Crippen molar-refractivity contribution in [3.8, 4) is 0 Å². The number of ketones is 1. The van der Waals surface area contributed by atoms with Gasteiger partial charge in [-0.3, -0.25) is 14.3 Å². The summed E-state index contributed by atoms with van der Waals surface area (Å²) in [6.07, 6.45) is 3.20. The smallest absolute Gasteiger partial charge is 0.227 e. The van der Waals surface area contributed by atoms with E-state index in [4.69, 9.17) is 0 Å². The molecule has 0 fully saturated rings. The largest absolute Gasteiger partial charge is 0.341 e. The summed E-state index contributed by atoms with van der Waals surface area (Å²) in [5, 5.41) is 4.33. The maximum atomic E-state index is 12.7. The highest BCUT2D eigenvalue weighted by Gasteiger charge is 2.27. The van der Waals surface area contributed by atoms with E-state index in [1.54, 1.807) is 11.9 Å². The number of allylic oxidation sites excluding steroid dienone is 1. The van der Waals surface area contributed by atoms with Crippen molar-refractivity contribution in [2.45, 2.75) is 46.2 Å². The first-order valence-electron chi connectivity index (χ1n) is 9.07. The Hall–Kier alpha value is -2.69. The molecule has 1 heterocycles. The molecule has 5 nitrogen and oxygen atoms in total. The number of rotatable bonds is 6. The van der Waals surface area contributed by atoms with Crippen LogP contribution < -0.4 is 0 Å². The molecule has 1 amide bonds. The highest BCUT2D eigenvalue weighted by Crippen LogP contribution is 2.33. The number of benzene rings is 1. The summed E-state index contributed by atoms with van der Waals surface area (Å²) >= 11 is 0. The average Bonchev–Trinajstić information content (AvgIpc) is 3.19. The van der Waals surface area contributed by atoms with Crippen LogP contribution in [-0.4, -0.2) is 33.4 Å². The maximum Gasteiger partial charge on any atom is 0.227 e. The Morgan fingerprint density at radius 2 is 1.96 bits per heavy atom. The quantitative estimate of drug-likeness (QED) is 0.802. The first-order valence-corrected chi connectivity index (χ1v) is 9.07. The molecule has 136 valence electrons. The van der Waals surface area contributed by atoms with Gasteiger partial charge in [-0.15, -0.1) is 0 Å². The van der Waals surface area contributed by atoms with Crippen molar-refractivity contribution in [2.24, 2.45) is 0 Å².